The first-order chi connectivity index (χ1) is 8.02. The summed E-state index contributed by atoms with van der Waals surface area (Å²) in [6, 6.07) is -0.683. The highest BCUT2D eigenvalue weighted by atomic mass is 35.5. The van der Waals surface area contributed by atoms with E-state index in [-0.39, 0.29) is 24.9 Å². The van der Waals surface area contributed by atoms with Crippen LogP contribution in [-0.2, 0) is 16.0 Å². The van der Waals surface area contributed by atoms with E-state index in [0.29, 0.717) is 11.0 Å². The average Bonchev–Trinajstić information content (AvgIpc) is 2.64. The highest BCUT2D eigenvalue weighted by Crippen LogP contribution is 2.18. The maximum atomic E-state index is 11.6. The molecular formula is C10H19ClN4O2S. The molecule has 0 aliphatic heterocycles. The monoisotopic (exact) mass is 294 g/mol. The number of rotatable bonds is 6. The van der Waals surface area contributed by atoms with E-state index in [0.717, 1.165) is 11.4 Å². The summed E-state index contributed by atoms with van der Waals surface area (Å²) in [5.41, 5.74) is 5.58. The Morgan fingerprint density at radius 3 is 2.72 bits per heavy atom. The minimum atomic E-state index is -0.683. The highest BCUT2D eigenvalue weighted by Gasteiger charge is 2.15. The molecule has 1 aromatic heterocycles. The van der Waals surface area contributed by atoms with Crippen LogP contribution < -0.4 is 11.1 Å². The topological polar surface area (TPSA) is 90.1 Å². The predicted octanol–water partition coefficient (Wildman–Crippen LogP) is 1.07. The van der Waals surface area contributed by atoms with Gasteiger partial charge in [-0.05, 0) is 5.92 Å². The minimum absolute atomic E-state index is 0. The molecule has 1 heterocycles. The van der Waals surface area contributed by atoms with Crippen LogP contribution in [0.25, 0.3) is 0 Å². The van der Waals surface area contributed by atoms with Gasteiger partial charge in [0.15, 0.2) is 0 Å². The number of carbonyl (C=O) groups excluding carboxylic acids is 1. The number of amides is 1. The van der Waals surface area contributed by atoms with Gasteiger partial charge in [0.2, 0.25) is 11.0 Å². The molecule has 18 heavy (non-hydrogen) atoms. The van der Waals surface area contributed by atoms with Gasteiger partial charge in [-0.1, -0.05) is 25.2 Å². The third-order valence-corrected chi connectivity index (χ3v) is 2.82. The van der Waals surface area contributed by atoms with Gasteiger partial charge < -0.3 is 10.5 Å². The SMILES string of the molecule is COCC(N)C(=O)Nc1nnc(CC(C)C)s1.Cl. The Kier molecular flexibility index (Phi) is 8.01. The molecule has 1 amide bonds. The Labute approximate surface area is 117 Å². The third kappa shape index (κ3) is 5.72. The number of methoxy groups -OCH3 is 1. The van der Waals surface area contributed by atoms with Crippen LogP contribution in [0.3, 0.4) is 0 Å². The van der Waals surface area contributed by atoms with Crippen molar-refractivity contribution in [3.05, 3.63) is 5.01 Å². The number of hydrogen-bond donors (Lipinski definition) is 2. The number of nitrogens with zero attached hydrogens (tertiary/aromatic N) is 2. The minimum Gasteiger partial charge on any atom is -0.383 e. The number of hydrogen-bond acceptors (Lipinski definition) is 6. The van der Waals surface area contributed by atoms with Crippen molar-refractivity contribution < 1.29 is 9.53 Å². The molecular weight excluding hydrogens is 276 g/mol. The van der Waals surface area contributed by atoms with E-state index < -0.39 is 6.04 Å². The van der Waals surface area contributed by atoms with Gasteiger partial charge in [-0.3, -0.25) is 10.1 Å². The van der Waals surface area contributed by atoms with Crippen molar-refractivity contribution in [3.63, 3.8) is 0 Å². The molecule has 6 nitrogen and oxygen atoms in total. The quantitative estimate of drug-likeness (QED) is 0.819. The zero-order valence-corrected chi connectivity index (χ0v) is 12.3. The number of nitrogens with two attached hydrogens (primary N) is 1. The lowest BCUT2D eigenvalue weighted by Crippen LogP contribution is -2.39. The molecule has 0 aromatic carbocycles. The van der Waals surface area contributed by atoms with Crippen LogP contribution in [0, 0.1) is 5.92 Å². The second-order valence-electron chi connectivity index (χ2n) is 4.15. The lowest BCUT2D eigenvalue weighted by Gasteiger charge is -2.08. The van der Waals surface area contributed by atoms with Crippen molar-refractivity contribution in [2.24, 2.45) is 11.7 Å². The van der Waals surface area contributed by atoms with Gasteiger partial charge in [-0.15, -0.1) is 22.6 Å². The Balaban J connectivity index is 0.00000289. The van der Waals surface area contributed by atoms with Crippen molar-refractivity contribution >= 4 is 34.8 Å². The van der Waals surface area contributed by atoms with Gasteiger partial charge in [0, 0.05) is 13.5 Å². The molecule has 0 radical (unpaired) electrons. The van der Waals surface area contributed by atoms with E-state index in [2.05, 4.69) is 29.4 Å². The summed E-state index contributed by atoms with van der Waals surface area (Å²) in [6.07, 6.45) is 0.859. The summed E-state index contributed by atoms with van der Waals surface area (Å²) in [4.78, 5) is 11.6. The second kappa shape index (κ2) is 8.36. The average molecular weight is 295 g/mol. The largest absolute Gasteiger partial charge is 0.383 e. The van der Waals surface area contributed by atoms with E-state index in [1.54, 1.807) is 0 Å². The van der Waals surface area contributed by atoms with Crippen molar-refractivity contribution in [2.45, 2.75) is 26.3 Å². The molecule has 0 bridgehead atoms. The molecule has 1 aromatic rings. The van der Waals surface area contributed by atoms with Crippen LogP contribution in [0.1, 0.15) is 18.9 Å². The number of ether oxygens (including phenoxy) is 1. The van der Waals surface area contributed by atoms with Crippen molar-refractivity contribution in [1.82, 2.24) is 10.2 Å². The second-order valence-corrected chi connectivity index (χ2v) is 5.21. The third-order valence-electron chi connectivity index (χ3n) is 1.96. The number of halogens is 1. The Bertz CT molecular complexity index is 373. The van der Waals surface area contributed by atoms with Crippen LogP contribution in [-0.4, -0.2) is 35.9 Å². The van der Waals surface area contributed by atoms with Crippen LogP contribution in [0.5, 0.6) is 0 Å². The summed E-state index contributed by atoms with van der Waals surface area (Å²) in [5, 5.41) is 11.9. The Morgan fingerprint density at radius 2 is 2.17 bits per heavy atom. The molecule has 0 aliphatic rings. The lowest BCUT2D eigenvalue weighted by molar-refractivity contribution is -0.118. The van der Waals surface area contributed by atoms with Crippen LogP contribution in [0.4, 0.5) is 5.13 Å². The first-order valence-electron chi connectivity index (χ1n) is 5.40. The fourth-order valence-electron chi connectivity index (χ4n) is 1.19. The van der Waals surface area contributed by atoms with Gasteiger partial charge in [-0.25, -0.2) is 0 Å². The zero-order valence-electron chi connectivity index (χ0n) is 10.7. The fourth-order valence-corrected chi connectivity index (χ4v) is 2.14. The summed E-state index contributed by atoms with van der Waals surface area (Å²) < 4.78 is 4.80. The summed E-state index contributed by atoms with van der Waals surface area (Å²) >= 11 is 1.37. The van der Waals surface area contributed by atoms with Gasteiger partial charge in [0.1, 0.15) is 11.0 Å². The molecule has 104 valence electrons. The summed E-state index contributed by atoms with van der Waals surface area (Å²) in [6.45, 7) is 4.39. The van der Waals surface area contributed by atoms with E-state index in [4.69, 9.17) is 10.5 Å². The molecule has 0 fully saturated rings. The van der Waals surface area contributed by atoms with Gasteiger partial charge in [-0.2, -0.15) is 0 Å². The van der Waals surface area contributed by atoms with E-state index >= 15 is 0 Å². The smallest absolute Gasteiger partial charge is 0.245 e. The molecule has 1 atom stereocenters. The van der Waals surface area contributed by atoms with Gasteiger partial charge >= 0.3 is 0 Å². The number of anilines is 1. The van der Waals surface area contributed by atoms with Crippen molar-refractivity contribution in [2.75, 3.05) is 19.0 Å². The normalized spacial score (nSPS) is 12.1. The molecule has 0 spiro atoms. The Hall–Kier alpha value is -0.760. The lowest BCUT2D eigenvalue weighted by atomic mass is 10.1. The van der Waals surface area contributed by atoms with Crippen molar-refractivity contribution in [1.29, 1.82) is 0 Å². The number of aromatic nitrogens is 2. The van der Waals surface area contributed by atoms with Crippen LogP contribution >= 0.6 is 23.7 Å². The van der Waals surface area contributed by atoms with E-state index in [9.17, 15) is 4.79 Å². The molecule has 8 heteroatoms. The first kappa shape index (κ1) is 17.2. The van der Waals surface area contributed by atoms with E-state index in [1.807, 2.05) is 0 Å². The van der Waals surface area contributed by atoms with Gasteiger partial charge in [0.05, 0.1) is 6.61 Å². The molecule has 0 saturated carbocycles. The predicted molar refractivity (Wildman–Crippen MR) is 74.2 cm³/mol. The van der Waals surface area contributed by atoms with E-state index in [1.165, 1.54) is 18.4 Å². The molecule has 1 unspecified atom stereocenters. The number of carbonyl (C=O) groups is 1. The molecule has 1 rings (SSSR count). The molecule has 3 N–H and O–H groups in total. The summed E-state index contributed by atoms with van der Waals surface area (Å²) in [7, 11) is 1.50. The highest BCUT2D eigenvalue weighted by molar-refractivity contribution is 7.15. The number of nitrogens with one attached hydrogen (secondary N) is 1. The Morgan fingerprint density at radius 1 is 1.50 bits per heavy atom. The molecule has 0 saturated heterocycles. The zero-order chi connectivity index (χ0) is 12.8. The maximum Gasteiger partial charge on any atom is 0.245 e. The molecule has 0 aliphatic carbocycles. The first-order valence-corrected chi connectivity index (χ1v) is 6.22. The van der Waals surface area contributed by atoms with Crippen molar-refractivity contribution in [3.8, 4) is 0 Å². The fraction of sp³-hybridized carbons (Fsp3) is 0.700. The summed E-state index contributed by atoms with van der Waals surface area (Å²) in [5.74, 6) is 0.210. The maximum absolute atomic E-state index is 11.6. The van der Waals surface area contributed by atoms with Gasteiger partial charge in [0.25, 0.3) is 0 Å². The van der Waals surface area contributed by atoms with Crippen LogP contribution in [0.2, 0.25) is 0 Å². The standard InChI is InChI=1S/C10H18N4O2S.ClH/c1-6(2)4-8-13-14-10(17-8)12-9(15)7(11)5-16-3;/h6-7H,4-5,11H2,1-3H3,(H,12,14,15);1H. The van der Waals surface area contributed by atoms with Crippen LogP contribution in [0.15, 0.2) is 0 Å².